The number of likely N-dealkylation sites (N-methyl/N-ethyl adjacent to an activating group) is 1. The van der Waals surface area contributed by atoms with Gasteiger partial charge in [0.15, 0.2) is 5.82 Å². The van der Waals surface area contributed by atoms with Crippen LogP contribution in [0.5, 0.6) is 0 Å². The minimum absolute atomic E-state index is 0.0222. The van der Waals surface area contributed by atoms with Gasteiger partial charge in [0.25, 0.3) is 5.91 Å². The minimum atomic E-state index is -0.168. The lowest BCUT2D eigenvalue weighted by Gasteiger charge is -2.25. The zero-order valence-electron chi connectivity index (χ0n) is 14.6. The molecule has 1 atom stereocenters. The van der Waals surface area contributed by atoms with Gasteiger partial charge < -0.3 is 10.2 Å². The number of nitrogens with one attached hydrogen (secondary N) is 1. The average molecular weight is 370 g/mol. The average Bonchev–Trinajstić information content (AvgIpc) is 3.16. The first kappa shape index (κ1) is 18.1. The number of nitrogens with zero attached hydrogens (tertiary/aromatic N) is 4. The molecule has 0 saturated heterocycles. The second-order valence-corrected chi connectivity index (χ2v) is 6.54. The number of rotatable bonds is 6. The smallest absolute Gasteiger partial charge is 0.252 e. The maximum absolute atomic E-state index is 12.4. The van der Waals surface area contributed by atoms with E-state index in [-0.39, 0.29) is 11.9 Å². The number of carbonyl (C=O) groups excluding carboxylic acids is 1. The van der Waals surface area contributed by atoms with Crippen LogP contribution in [0.3, 0.4) is 0 Å². The van der Waals surface area contributed by atoms with Gasteiger partial charge in [-0.1, -0.05) is 23.7 Å². The molecule has 2 heterocycles. The molecule has 3 aromatic rings. The van der Waals surface area contributed by atoms with Crippen molar-refractivity contribution in [2.75, 3.05) is 20.6 Å². The molecule has 0 saturated carbocycles. The minimum Gasteiger partial charge on any atom is -0.350 e. The predicted octanol–water partition coefficient (Wildman–Crippen LogP) is 2.95. The molecule has 0 aliphatic carbocycles. The summed E-state index contributed by atoms with van der Waals surface area (Å²) >= 11 is 6.09. The summed E-state index contributed by atoms with van der Waals surface area (Å²) in [5.74, 6) is 0.495. The van der Waals surface area contributed by atoms with Crippen LogP contribution in [0.25, 0.3) is 5.82 Å². The molecular weight excluding hydrogens is 350 g/mol. The molecule has 0 unspecified atom stereocenters. The summed E-state index contributed by atoms with van der Waals surface area (Å²) < 4.78 is 1.64. The Labute approximate surface area is 157 Å². The zero-order valence-corrected chi connectivity index (χ0v) is 15.4. The number of hydrogen-bond donors (Lipinski definition) is 1. The van der Waals surface area contributed by atoms with Crippen LogP contribution in [0.1, 0.15) is 22.0 Å². The van der Waals surface area contributed by atoms with Gasteiger partial charge in [-0.05, 0) is 50.0 Å². The van der Waals surface area contributed by atoms with Crippen LogP contribution in [0, 0.1) is 0 Å². The number of hydrogen-bond acceptors (Lipinski definition) is 4. The number of amides is 1. The molecule has 26 heavy (non-hydrogen) atoms. The Morgan fingerprint density at radius 3 is 2.73 bits per heavy atom. The van der Waals surface area contributed by atoms with E-state index in [4.69, 9.17) is 11.6 Å². The van der Waals surface area contributed by atoms with Crippen LogP contribution in [0.15, 0.2) is 61.1 Å². The maximum atomic E-state index is 12.4. The Morgan fingerprint density at radius 1 is 1.27 bits per heavy atom. The fraction of sp³-hybridized carbons (Fsp3) is 0.211. The lowest BCUT2D eigenvalue weighted by atomic mass is 10.1. The standard InChI is InChI=1S/C19H20ClN5O/c1-24(2)17(14-5-3-6-16(20)11-14)13-22-19(26)15-7-8-18(21-12-15)25-10-4-9-23-25/h3-12,17H,13H2,1-2H3,(H,22,26)/t17-/m1/s1. The molecule has 6 nitrogen and oxygen atoms in total. The molecule has 0 aliphatic rings. The first-order valence-corrected chi connectivity index (χ1v) is 8.58. The third-order valence-electron chi connectivity index (χ3n) is 4.06. The predicted molar refractivity (Wildman–Crippen MR) is 102 cm³/mol. The summed E-state index contributed by atoms with van der Waals surface area (Å²) in [5.41, 5.74) is 1.56. The lowest BCUT2D eigenvalue weighted by Crippen LogP contribution is -2.34. The van der Waals surface area contributed by atoms with E-state index < -0.39 is 0 Å². The van der Waals surface area contributed by atoms with E-state index in [1.165, 1.54) is 0 Å². The molecule has 3 rings (SSSR count). The van der Waals surface area contributed by atoms with E-state index in [1.54, 1.807) is 35.4 Å². The molecule has 0 radical (unpaired) electrons. The molecule has 1 amide bonds. The highest BCUT2D eigenvalue weighted by molar-refractivity contribution is 6.30. The molecule has 134 valence electrons. The van der Waals surface area contributed by atoms with Crippen LogP contribution >= 0.6 is 11.6 Å². The fourth-order valence-corrected chi connectivity index (χ4v) is 2.86. The SMILES string of the molecule is CN(C)[C@H](CNC(=O)c1ccc(-n2cccn2)nc1)c1cccc(Cl)c1. The number of benzene rings is 1. The van der Waals surface area contributed by atoms with Gasteiger partial charge in [0.1, 0.15) is 0 Å². The quantitative estimate of drug-likeness (QED) is 0.725. The second kappa shape index (κ2) is 8.12. The van der Waals surface area contributed by atoms with Gasteiger partial charge in [-0.3, -0.25) is 4.79 Å². The van der Waals surface area contributed by atoms with Gasteiger partial charge in [-0.25, -0.2) is 9.67 Å². The van der Waals surface area contributed by atoms with Crippen LogP contribution in [0.4, 0.5) is 0 Å². The molecule has 7 heteroatoms. The van der Waals surface area contributed by atoms with Crippen molar-refractivity contribution in [3.05, 3.63) is 77.2 Å². The highest BCUT2D eigenvalue weighted by atomic mass is 35.5. The third kappa shape index (κ3) is 4.28. The van der Waals surface area contributed by atoms with Crippen molar-refractivity contribution in [1.29, 1.82) is 0 Å². The summed E-state index contributed by atoms with van der Waals surface area (Å²) in [6, 6.07) is 13.0. The highest BCUT2D eigenvalue weighted by Crippen LogP contribution is 2.21. The van der Waals surface area contributed by atoms with Gasteiger partial charge >= 0.3 is 0 Å². The van der Waals surface area contributed by atoms with Crippen molar-refractivity contribution >= 4 is 17.5 Å². The summed E-state index contributed by atoms with van der Waals surface area (Å²) in [6.07, 6.45) is 5.03. The molecule has 0 aliphatic heterocycles. The topological polar surface area (TPSA) is 63.1 Å². The Kier molecular flexibility index (Phi) is 5.65. The van der Waals surface area contributed by atoms with Crippen LogP contribution in [-0.4, -0.2) is 46.2 Å². The number of pyridine rings is 1. The molecule has 1 aromatic carbocycles. The van der Waals surface area contributed by atoms with Crippen molar-refractivity contribution in [2.45, 2.75) is 6.04 Å². The second-order valence-electron chi connectivity index (χ2n) is 6.10. The first-order valence-electron chi connectivity index (χ1n) is 8.21. The molecule has 2 aromatic heterocycles. The van der Waals surface area contributed by atoms with Gasteiger partial charge in [-0.2, -0.15) is 5.10 Å². The molecular formula is C19H20ClN5O. The summed E-state index contributed by atoms with van der Waals surface area (Å²) in [6.45, 7) is 0.465. The summed E-state index contributed by atoms with van der Waals surface area (Å²) in [4.78, 5) is 18.8. The number of carbonyl (C=O) groups is 1. The van der Waals surface area contributed by atoms with Crippen molar-refractivity contribution in [3.8, 4) is 5.82 Å². The van der Waals surface area contributed by atoms with E-state index in [0.29, 0.717) is 22.9 Å². The monoisotopic (exact) mass is 369 g/mol. The Morgan fingerprint density at radius 2 is 2.12 bits per heavy atom. The van der Waals surface area contributed by atoms with Gasteiger partial charge in [0.2, 0.25) is 0 Å². The Bertz CT molecular complexity index is 862. The lowest BCUT2D eigenvalue weighted by molar-refractivity contribution is 0.0941. The maximum Gasteiger partial charge on any atom is 0.252 e. The molecule has 0 bridgehead atoms. The fourth-order valence-electron chi connectivity index (χ4n) is 2.66. The van der Waals surface area contributed by atoms with E-state index in [1.807, 2.05) is 49.3 Å². The van der Waals surface area contributed by atoms with E-state index >= 15 is 0 Å². The van der Waals surface area contributed by atoms with Crippen molar-refractivity contribution < 1.29 is 4.79 Å². The zero-order chi connectivity index (χ0) is 18.5. The Hall–Kier alpha value is -2.70. The van der Waals surface area contributed by atoms with E-state index in [0.717, 1.165) is 5.56 Å². The Balaban J connectivity index is 1.67. The van der Waals surface area contributed by atoms with Gasteiger partial charge in [0.05, 0.1) is 11.6 Å². The summed E-state index contributed by atoms with van der Waals surface area (Å²) in [5, 5.41) is 7.76. The first-order chi connectivity index (χ1) is 12.5. The van der Waals surface area contributed by atoms with E-state index in [9.17, 15) is 4.79 Å². The molecule has 1 N–H and O–H groups in total. The highest BCUT2D eigenvalue weighted by Gasteiger charge is 2.16. The van der Waals surface area contributed by atoms with Gasteiger partial charge in [-0.15, -0.1) is 0 Å². The van der Waals surface area contributed by atoms with Gasteiger partial charge in [0, 0.05) is 30.2 Å². The van der Waals surface area contributed by atoms with Crippen molar-refractivity contribution in [1.82, 2.24) is 25.0 Å². The molecule has 0 spiro atoms. The normalized spacial score (nSPS) is 12.2. The third-order valence-corrected chi connectivity index (χ3v) is 4.30. The largest absolute Gasteiger partial charge is 0.350 e. The number of halogens is 1. The van der Waals surface area contributed by atoms with Crippen LogP contribution < -0.4 is 5.32 Å². The van der Waals surface area contributed by atoms with Crippen LogP contribution in [0.2, 0.25) is 5.02 Å². The van der Waals surface area contributed by atoms with Crippen LogP contribution in [-0.2, 0) is 0 Å². The van der Waals surface area contributed by atoms with Crippen molar-refractivity contribution in [3.63, 3.8) is 0 Å². The summed E-state index contributed by atoms with van der Waals surface area (Å²) in [7, 11) is 3.94. The number of aromatic nitrogens is 3. The van der Waals surface area contributed by atoms with E-state index in [2.05, 4.69) is 15.4 Å². The van der Waals surface area contributed by atoms with Crippen molar-refractivity contribution in [2.24, 2.45) is 0 Å². The molecule has 0 fully saturated rings.